The maximum atomic E-state index is 4.06. The van der Waals surface area contributed by atoms with E-state index in [1.165, 1.54) is 0 Å². The Balaban J connectivity index is 2.45. The lowest BCUT2D eigenvalue weighted by atomic mass is 10.2. The summed E-state index contributed by atoms with van der Waals surface area (Å²) >= 11 is 0. The normalized spacial score (nSPS) is 10.1. The van der Waals surface area contributed by atoms with E-state index in [1.807, 2.05) is 25.4 Å². The molecule has 0 amide bonds. The Hall–Kier alpha value is -1.64. The van der Waals surface area contributed by atoms with Crippen LogP contribution in [-0.4, -0.2) is 14.8 Å². The average molecular weight is 158 g/mol. The molecule has 12 heavy (non-hydrogen) atoms. The third-order valence-electron chi connectivity index (χ3n) is 1.62. The van der Waals surface area contributed by atoms with Crippen LogP contribution in [0.15, 0.2) is 30.7 Å². The third kappa shape index (κ3) is 1.21. The van der Waals surface area contributed by atoms with Crippen LogP contribution in [0.4, 0.5) is 0 Å². The molecule has 0 saturated heterocycles. The highest BCUT2D eigenvalue weighted by atomic mass is 15.2. The van der Waals surface area contributed by atoms with Gasteiger partial charge in [-0.1, -0.05) is 6.07 Å². The maximum absolute atomic E-state index is 4.06. The number of hydrogen-bond donors (Lipinski definition) is 0. The lowest BCUT2D eigenvalue weighted by molar-refractivity contribution is 0.768. The SMILES string of the molecule is Cn1cc(-c2[c]nccc2)cn1. The molecule has 0 aliphatic rings. The van der Waals surface area contributed by atoms with E-state index in [0.29, 0.717) is 0 Å². The molecule has 0 fully saturated rings. The van der Waals surface area contributed by atoms with E-state index >= 15 is 0 Å². The molecule has 2 aromatic rings. The molecule has 3 heteroatoms. The van der Waals surface area contributed by atoms with Crippen molar-refractivity contribution in [3.63, 3.8) is 0 Å². The molecule has 2 rings (SSSR count). The molecule has 2 heterocycles. The highest BCUT2D eigenvalue weighted by Crippen LogP contribution is 2.14. The van der Waals surface area contributed by atoms with E-state index in [-0.39, 0.29) is 0 Å². The van der Waals surface area contributed by atoms with Crippen molar-refractivity contribution in [3.8, 4) is 11.1 Å². The summed E-state index contributed by atoms with van der Waals surface area (Å²) in [5.41, 5.74) is 2.02. The van der Waals surface area contributed by atoms with E-state index < -0.39 is 0 Å². The Morgan fingerprint density at radius 3 is 3.00 bits per heavy atom. The standard InChI is InChI=1S/C9H8N3/c1-12-7-9(6-11-12)8-3-2-4-10-5-8/h2-4,6-7H,1H3. The van der Waals surface area contributed by atoms with Crippen molar-refractivity contribution < 1.29 is 0 Å². The van der Waals surface area contributed by atoms with Gasteiger partial charge in [-0.25, -0.2) is 0 Å². The Labute approximate surface area is 70.7 Å². The highest BCUT2D eigenvalue weighted by Gasteiger charge is 1.98. The predicted octanol–water partition coefficient (Wildman–Crippen LogP) is 1.28. The van der Waals surface area contributed by atoms with Gasteiger partial charge in [0.2, 0.25) is 0 Å². The van der Waals surface area contributed by atoms with E-state index in [4.69, 9.17) is 0 Å². The number of hydrogen-bond acceptors (Lipinski definition) is 2. The van der Waals surface area contributed by atoms with Crippen molar-refractivity contribution in [1.82, 2.24) is 14.8 Å². The second-order valence-corrected chi connectivity index (χ2v) is 2.57. The topological polar surface area (TPSA) is 30.7 Å². The molecule has 0 atom stereocenters. The van der Waals surface area contributed by atoms with Crippen molar-refractivity contribution >= 4 is 0 Å². The number of pyridine rings is 1. The Kier molecular flexibility index (Phi) is 1.63. The molecule has 0 N–H and O–H groups in total. The Bertz CT molecular complexity index is 364. The zero-order valence-electron chi connectivity index (χ0n) is 6.73. The van der Waals surface area contributed by atoms with Gasteiger partial charge in [0.25, 0.3) is 0 Å². The molecule has 59 valence electrons. The molecular weight excluding hydrogens is 150 g/mol. The molecule has 3 nitrogen and oxygen atoms in total. The van der Waals surface area contributed by atoms with Crippen LogP contribution in [-0.2, 0) is 7.05 Å². The summed E-state index contributed by atoms with van der Waals surface area (Å²) in [4.78, 5) is 3.91. The minimum Gasteiger partial charge on any atom is -0.275 e. The monoisotopic (exact) mass is 158 g/mol. The fraction of sp³-hybridized carbons (Fsp3) is 0.111. The zero-order chi connectivity index (χ0) is 8.39. The Morgan fingerprint density at radius 2 is 2.42 bits per heavy atom. The second kappa shape index (κ2) is 2.77. The maximum Gasteiger partial charge on any atom is 0.0971 e. The van der Waals surface area contributed by atoms with Gasteiger partial charge < -0.3 is 0 Å². The molecule has 0 aliphatic carbocycles. The van der Waals surface area contributed by atoms with Crippen LogP contribution in [0.5, 0.6) is 0 Å². The van der Waals surface area contributed by atoms with Crippen LogP contribution in [0.2, 0.25) is 0 Å². The molecule has 0 aromatic carbocycles. The highest BCUT2D eigenvalue weighted by molar-refractivity contribution is 5.59. The zero-order valence-corrected chi connectivity index (χ0v) is 6.73. The first kappa shape index (κ1) is 7.03. The van der Waals surface area contributed by atoms with Gasteiger partial charge in [0.15, 0.2) is 0 Å². The summed E-state index contributed by atoms with van der Waals surface area (Å²) in [6.45, 7) is 0. The molecule has 1 radical (unpaired) electrons. The molecule has 0 spiro atoms. The molecular formula is C9H8N3. The van der Waals surface area contributed by atoms with Gasteiger partial charge in [-0.15, -0.1) is 0 Å². The minimum absolute atomic E-state index is 0.977. The number of nitrogens with zero attached hydrogens (tertiary/aromatic N) is 3. The number of aromatic nitrogens is 3. The van der Waals surface area contributed by atoms with Crippen molar-refractivity contribution in [3.05, 3.63) is 36.9 Å². The van der Waals surface area contributed by atoms with Gasteiger partial charge in [-0.2, -0.15) is 5.10 Å². The molecule has 0 saturated carbocycles. The molecule has 0 unspecified atom stereocenters. The third-order valence-corrected chi connectivity index (χ3v) is 1.62. The molecule has 2 aromatic heterocycles. The van der Waals surface area contributed by atoms with E-state index in [9.17, 15) is 0 Å². The minimum atomic E-state index is 0.977. The first-order valence-corrected chi connectivity index (χ1v) is 3.68. The predicted molar refractivity (Wildman–Crippen MR) is 45.3 cm³/mol. The van der Waals surface area contributed by atoms with Crippen LogP contribution in [0.25, 0.3) is 11.1 Å². The number of rotatable bonds is 1. The summed E-state index contributed by atoms with van der Waals surface area (Å²) in [6, 6.07) is 3.85. The fourth-order valence-electron chi connectivity index (χ4n) is 1.05. The van der Waals surface area contributed by atoms with Gasteiger partial charge in [-0.05, 0) is 6.07 Å². The first-order chi connectivity index (χ1) is 5.86. The lowest BCUT2D eigenvalue weighted by Crippen LogP contribution is -1.84. The van der Waals surface area contributed by atoms with Crippen molar-refractivity contribution in [2.24, 2.45) is 7.05 Å². The van der Waals surface area contributed by atoms with Gasteiger partial charge in [0.05, 0.1) is 12.4 Å². The summed E-state index contributed by atoms with van der Waals surface area (Å²) in [7, 11) is 1.89. The van der Waals surface area contributed by atoms with Crippen LogP contribution in [0.3, 0.4) is 0 Å². The van der Waals surface area contributed by atoms with Crippen molar-refractivity contribution in [2.75, 3.05) is 0 Å². The van der Waals surface area contributed by atoms with Gasteiger partial charge in [0, 0.05) is 30.6 Å². The van der Waals surface area contributed by atoms with Crippen molar-refractivity contribution in [2.45, 2.75) is 0 Å². The summed E-state index contributed by atoms with van der Waals surface area (Å²) in [5.74, 6) is 0. The quantitative estimate of drug-likeness (QED) is 0.626. The molecule has 0 aliphatic heterocycles. The summed E-state index contributed by atoms with van der Waals surface area (Å²) in [5, 5.41) is 4.06. The number of aryl methyl sites for hydroxylation is 1. The average Bonchev–Trinajstić information content (AvgIpc) is 2.54. The van der Waals surface area contributed by atoms with Gasteiger partial charge in [0.1, 0.15) is 0 Å². The van der Waals surface area contributed by atoms with Crippen LogP contribution < -0.4 is 0 Å². The first-order valence-electron chi connectivity index (χ1n) is 3.68. The second-order valence-electron chi connectivity index (χ2n) is 2.57. The largest absolute Gasteiger partial charge is 0.275 e. The lowest BCUT2D eigenvalue weighted by Gasteiger charge is -1.91. The van der Waals surface area contributed by atoms with Crippen molar-refractivity contribution in [1.29, 1.82) is 0 Å². The van der Waals surface area contributed by atoms with Crippen LogP contribution in [0.1, 0.15) is 0 Å². The smallest absolute Gasteiger partial charge is 0.0971 e. The van der Waals surface area contributed by atoms with Gasteiger partial charge >= 0.3 is 0 Å². The van der Waals surface area contributed by atoms with Crippen LogP contribution in [0, 0.1) is 6.20 Å². The van der Waals surface area contributed by atoms with E-state index in [0.717, 1.165) is 11.1 Å². The summed E-state index contributed by atoms with van der Waals surface area (Å²) < 4.78 is 1.76. The van der Waals surface area contributed by atoms with Crippen LogP contribution >= 0.6 is 0 Å². The van der Waals surface area contributed by atoms with Gasteiger partial charge in [-0.3, -0.25) is 9.67 Å². The van der Waals surface area contributed by atoms with E-state index in [2.05, 4.69) is 16.3 Å². The fourth-order valence-corrected chi connectivity index (χ4v) is 1.05. The Morgan fingerprint density at radius 1 is 1.50 bits per heavy atom. The van der Waals surface area contributed by atoms with E-state index in [1.54, 1.807) is 17.1 Å². The molecule has 0 bridgehead atoms. The summed E-state index contributed by atoms with van der Waals surface area (Å²) in [6.07, 6.45) is 8.34.